The number of carbonyl (C=O) groups excluding carboxylic acids is 3. The summed E-state index contributed by atoms with van der Waals surface area (Å²) in [7, 11) is 0. The molecule has 0 saturated heterocycles. The van der Waals surface area contributed by atoms with Crippen molar-refractivity contribution in [2.75, 3.05) is 16.4 Å². The Morgan fingerprint density at radius 2 is 1.30 bits per heavy atom. The van der Waals surface area contributed by atoms with Crippen molar-refractivity contribution in [1.82, 2.24) is 10.3 Å². The number of thioether (sulfide) groups is 1. The van der Waals surface area contributed by atoms with E-state index in [9.17, 15) is 14.4 Å². The molecule has 1 aromatic heterocycles. The zero-order chi connectivity index (χ0) is 32.4. The van der Waals surface area contributed by atoms with Crippen LogP contribution in [0.4, 0.5) is 11.4 Å². The number of aromatic nitrogens is 1. The highest BCUT2D eigenvalue weighted by molar-refractivity contribution is 8.00. The molecule has 0 atom stereocenters. The van der Waals surface area contributed by atoms with Gasteiger partial charge in [0.2, 0.25) is 5.91 Å². The largest absolute Gasteiger partial charge is 0.457 e. The summed E-state index contributed by atoms with van der Waals surface area (Å²) in [4.78, 5) is 43.1. The van der Waals surface area contributed by atoms with Gasteiger partial charge in [-0.3, -0.25) is 14.4 Å². The number of hydrogen-bond acceptors (Lipinski definition) is 5. The van der Waals surface area contributed by atoms with Gasteiger partial charge in [0.15, 0.2) is 0 Å². The summed E-state index contributed by atoms with van der Waals surface area (Å²) >= 11 is 1.38. The second kappa shape index (κ2) is 14.8. The molecule has 0 spiro atoms. The predicted molar refractivity (Wildman–Crippen MR) is 188 cm³/mol. The maximum atomic E-state index is 13.5. The van der Waals surface area contributed by atoms with E-state index < -0.39 is 11.8 Å². The summed E-state index contributed by atoms with van der Waals surface area (Å²) in [5, 5.41) is 9.46. The van der Waals surface area contributed by atoms with E-state index in [1.807, 2.05) is 72.8 Å². The Morgan fingerprint density at radius 3 is 2.04 bits per heavy atom. The highest BCUT2D eigenvalue weighted by atomic mass is 32.2. The van der Waals surface area contributed by atoms with E-state index in [4.69, 9.17) is 4.74 Å². The first-order valence-corrected chi connectivity index (χ1v) is 15.8. The minimum atomic E-state index is -0.473. The van der Waals surface area contributed by atoms with Gasteiger partial charge in [-0.15, -0.1) is 11.8 Å². The first-order chi connectivity index (χ1) is 23.0. The number of H-pyrrole nitrogens is 1. The maximum absolute atomic E-state index is 13.5. The van der Waals surface area contributed by atoms with Gasteiger partial charge in [0.05, 0.1) is 5.75 Å². The summed E-state index contributed by atoms with van der Waals surface area (Å²) < 4.78 is 5.80. The van der Waals surface area contributed by atoms with Crippen molar-refractivity contribution >= 4 is 57.8 Å². The Kier molecular flexibility index (Phi) is 9.75. The van der Waals surface area contributed by atoms with Crippen LogP contribution in [0.5, 0.6) is 11.5 Å². The lowest BCUT2D eigenvalue weighted by Crippen LogP contribution is -2.30. The Morgan fingerprint density at radius 1 is 0.681 bits per heavy atom. The quantitative estimate of drug-likeness (QED) is 0.0846. The molecular weight excluding hydrogens is 609 g/mol. The van der Waals surface area contributed by atoms with Gasteiger partial charge in [0, 0.05) is 44.5 Å². The number of rotatable bonds is 11. The average molecular weight is 639 g/mol. The van der Waals surface area contributed by atoms with Crippen molar-refractivity contribution in [3.8, 4) is 11.5 Å². The Bertz CT molecular complexity index is 2020. The molecule has 6 rings (SSSR count). The molecule has 4 N–H and O–H groups in total. The third-order valence-electron chi connectivity index (χ3n) is 7.05. The van der Waals surface area contributed by atoms with E-state index in [1.165, 1.54) is 11.8 Å². The molecule has 47 heavy (non-hydrogen) atoms. The van der Waals surface area contributed by atoms with Crippen molar-refractivity contribution in [3.63, 3.8) is 0 Å². The third-order valence-corrected chi connectivity index (χ3v) is 8.06. The lowest BCUT2D eigenvalue weighted by molar-refractivity contribution is -0.114. The lowest BCUT2D eigenvalue weighted by Gasteiger charge is -2.12. The molecule has 232 valence electrons. The van der Waals surface area contributed by atoms with Gasteiger partial charge in [-0.05, 0) is 84.9 Å². The van der Waals surface area contributed by atoms with Crippen LogP contribution in [0.3, 0.4) is 0 Å². The fraction of sp³-hybridized carbons (Fsp3) is 0.0263. The molecular formula is C38H30N4O4S. The Labute approximate surface area is 275 Å². The van der Waals surface area contributed by atoms with E-state index in [1.54, 1.807) is 72.9 Å². The van der Waals surface area contributed by atoms with Crippen molar-refractivity contribution in [2.24, 2.45) is 0 Å². The fourth-order valence-electron chi connectivity index (χ4n) is 4.72. The second-order valence-corrected chi connectivity index (χ2v) is 11.5. The number of amides is 3. The lowest BCUT2D eigenvalue weighted by atomic mass is 10.1. The maximum Gasteiger partial charge on any atom is 0.272 e. The van der Waals surface area contributed by atoms with Crippen molar-refractivity contribution in [2.45, 2.75) is 4.90 Å². The van der Waals surface area contributed by atoms with Gasteiger partial charge in [0.25, 0.3) is 11.8 Å². The molecule has 0 aliphatic rings. The third kappa shape index (κ3) is 8.36. The van der Waals surface area contributed by atoms with Crippen LogP contribution < -0.4 is 20.7 Å². The molecule has 0 bridgehead atoms. The zero-order valence-electron chi connectivity index (χ0n) is 25.1. The number of para-hydroxylation sites is 2. The van der Waals surface area contributed by atoms with Gasteiger partial charge in [-0.1, -0.05) is 54.6 Å². The Balaban J connectivity index is 1.06. The van der Waals surface area contributed by atoms with Crippen molar-refractivity contribution in [3.05, 3.63) is 156 Å². The van der Waals surface area contributed by atoms with Crippen LogP contribution in [0.15, 0.2) is 150 Å². The predicted octanol–water partition coefficient (Wildman–Crippen LogP) is 8.10. The van der Waals surface area contributed by atoms with Crippen LogP contribution in [0, 0.1) is 0 Å². The van der Waals surface area contributed by atoms with Crippen LogP contribution in [0.2, 0.25) is 0 Å². The molecule has 0 aliphatic heterocycles. The van der Waals surface area contributed by atoms with Crippen molar-refractivity contribution < 1.29 is 19.1 Å². The number of carbonyl (C=O) groups is 3. The summed E-state index contributed by atoms with van der Waals surface area (Å²) in [6.45, 7) is 0. The number of hydrogen-bond donors (Lipinski definition) is 4. The van der Waals surface area contributed by atoms with Crippen LogP contribution in [0.1, 0.15) is 15.9 Å². The van der Waals surface area contributed by atoms with Crippen LogP contribution in [-0.2, 0) is 9.59 Å². The van der Waals surface area contributed by atoms with Crippen LogP contribution in [0.25, 0.3) is 17.0 Å². The second-order valence-electron chi connectivity index (χ2n) is 10.4. The monoisotopic (exact) mass is 638 g/mol. The number of ether oxygens (including phenoxy) is 1. The average Bonchev–Trinajstić information content (AvgIpc) is 3.52. The highest BCUT2D eigenvalue weighted by Crippen LogP contribution is 2.25. The van der Waals surface area contributed by atoms with Gasteiger partial charge in [-0.25, -0.2) is 0 Å². The minimum Gasteiger partial charge on any atom is -0.457 e. The standard InChI is InChI=1S/C38H30N4O4S/c43-36(40-28-15-19-31(20-16-28)46-30-11-5-2-6-12-30)25-47-32-21-17-29(18-22-32)41-38(45)35(42-37(44)26-9-3-1-4-10-26)23-27-24-39-34-14-8-7-13-33(27)34/h1-24,39H,25H2,(H,40,43)(H,41,45)(H,42,44)/b35-23-. The molecule has 0 radical (unpaired) electrons. The van der Waals surface area contributed by atoms with Gasteiger partial charge < -0.3 is 25.7 Å². The molecule has 5 aromatic carbocycles. The molecule has 1 heterocycles. The van der Waals surface area contributed by atoms with E-state index in [-0.39, 0.29) is 17.4 Å². The fourth-order valence-corrected chi connectivity index (χ4v) is 5.42. The van der Waals surface area contributed by atoms with Crippen molar-refractivity contribution in [1.29, 1.82) is 0 Å². The molecule has 8 nitrogen and oxygen atoms in total. The normalized spacial score (nSPS) is 11.1. The molecule has 0 unspecified atom stereocenters. The summed E-state index contributed by atoms with van der Waals surface area (Å²) in [5.74, 6) is 0.605. The summed E-state index contributed by atoms with van der Waals surface area (Å²) in [6.07, 6.45) is 3.45. The summed E-state index contributed by atoms with van der Waals surface area (Å²) in [5.41, 5.74) is 3.43. The molecule has 9 heteroatoms. The molecule has 0 saturated carbocycles. The topological polar surface area (TPSA) is 112 Å². The van der Waals surface area contributed by atoms with Gasteiger partial charge in [-0.2, -0.15) is 0 Å². The number of nitrogens with one attached hydrogen (secondary N) is 4. The Hall–Kier alpha value is -6.06. The molecule has 0 fully saturated rings. The molecule has 3 amide bonds. The smallest absolute Gasteiger partial charge is 0.272 e. The first kappa shape index (κ1) is 30.9. The number of fused-ring (bicyclic) bond motifs is 1. The van der Waals surface area contributed by atoms with E-state index in [0.29, 0.717) is 22.7 Å². The summed E-state index contributed by atoms with van der Waals surface area (Å²) in [6, 6.07) is 40.3. The highest BCUT2D eigenvalue weighted by Gasteiger charge is 2.16. The minimum absolute atomic E-state index is 0.0957. The van der Waals surface area contributed by atoms with E-state index in [0.717, 1.165) is 27.1 Å². The first-order valence-electron chi connectivity index (χ1n) is 14.8. The van der Waals surface area contributed by atoms with Gasteiger partial charge >= 0.3 is 0 Å². The number of benzene rings is 5. The SMILES string of the molecule is O=C(CSc1ccc(NC(=O)/C(=C/c2c[nH]c3ccccc23)NC(=O)c2ccccc2)cc1)Nc1ccc(Oc2ccccc2)cc1. The van der Waals surface area contributed by atoms with Gasteiger partial charge in [0.1, 0.15) is 17.2 Å². The zero-order valence-corrected chi connectivity index (χ0v) is 25.9. The molecule has 6 aromatic rings. The number of anilines is 2. The van der Waals surface area contributed by atoms with Crippen LogP contribution in [-0.4, -0.2) is 28.5 Å². The van der Waals surface area contributed by atoms with E-state index in [2.05, 4.69) is 20.9 Å². The van der Waals surface area contributed by atoms with E-state index >= 15 is 0 Å². The number of aromatic amines is 1. The molecule has 0 aliphatic carbocycles. The van der Waals surface area contributed by atoms with Crippen LogP contribution >= 0.6 is 11.8 Å².